The van der Waals surface area contributed by atoms with Gasteiger partial charge in [0.15, 0.2) is 0 Å². The van der Waals surface area contributed by atoms with Crippen LogP contribution in [-0.4, -0.2) is 54.9 Å². The minimum absolute atomic E-state index is 0.392. The van der Waals surface area contributed by atoms with E-state index >= 15 is 0 Å². The first-order valence-corrected chi connectivity index (χ1v) is 8.36. The number of rotatable bonds is 9. The first-order chi connectivity index (χ1) is 9.75. The highest BCUT2D eigenvalue weighted by Gasteiger charge is 2.17. The number of hydrogen-bond acceptors (Lipinski definition) is 5. The lowest BCUT2D eigenvalue weighted by Crippen LogP contribution is -2.41. The molecule has 2 heterocycles. The number of hydrogen-bond donors (Lipinski definition) is 2. The van der Waals surface area contributed by atoms with Crippen molar-refractivity contribution in [2.24, 2.45) is 0 Å². The van der Waals surface area contributed by atoms with E-state index in [0.717, 1.165) is 6.54 Å². The molecule has 1 saturated heterocycles. The molecule has 0 aromatic carbocycles. The van der Waals surface area contributed by atoms with E-state index in [9.17, 15) is 5.11 Å². The Hall–Kier alpha value is -0.460. The predicted octanol–water partition coefficient (Wildman–Crippen LogP) is 1.70. The fourth-order valence-corrected chi connectivity index (χ4v) is 3.16. The third kappa shape index (κ3) is 5.50. The molecule has 0 bridgehead atoms. The molecule has 2 atom stereocenters. The Morgan fingerprint density at radius 3 is 2.90 bits per heavy atom. The fourth-order valence-electron chi connectivity index (χ4n) is 2.52. The maximum absolute atomic E-state index is 9.86. The van der Waals surface area contributed by atoms with Crippen LogP contribution in [0.4, 0.5) is 0 Å². The minimum atomic E-state index is -0.430. The summed E-state index contributed by atoms with van der Waals surface area (Å²) in [5.41, 5.74) is 0. The summed E-state index contributed by atoms with van der Waals surface area (Å²) >= 11 is 1.68. The zero-order valence-electron chi connectivity index (χ0n) is 12.3. The number of thiophene rings is 1. The quantitative estimate of drug-likeness (QED) is 0.728. The van der Waals surface area contributed by atoms with Crippen LogP contribution in [0.25, 0.3) is 0 Å². The van der Waals surface area contributed by atoms with E-state index in [1.807, 2.05) is 17.5 Å². The van der Waals surface area contributed by atoms with Crippen LogP contribution >= 0.6 is 11.3 Å². The van der Waals surface area contributed by atoms with Gasteiger partial charge in [-0.15, -0.1) is 11.3 Å². The van der Waals surface area contributed by atoms with Crippen molar-refractivity contribution in [1.82, 2.24) is 10.2 Å². The number of likely N-dealkylation sites (tertiary alicyclic amines) is 1. The van der Waals surface area contributed by atoms with Crippen molar-refractivity contribution in [3.8, 4) is 0 Å². The van der Waals surface area contributed by atoms with Gasteiger partial charge in [-0.2, -0.15) is 0 Å². The number of aliphatic hydroxyl groups excluding tert-OH is 1. The molecule has 2 rings (SSSR count). The topological polar surface area (TPSA) is 44.7 Å². The maximum Gasteiger partial charge on any atom is 0.0897 e. The first-order valence-electron chi connectivity index (χ1n) is 7.48. The van der Waals surface area contributed by atoms with Gasteiger partial charge in [-0.3, -0.25) is 4.90 Å². The number of ether oxygens (including phenoxy) is 1. The van der Waals surface area contributed by atoms with Crippen LogP contribution in [0.2, 0.25) is 0 Å². The van der Waals surface area contributed by atoms with Crippen molar-refractivity contribution in [2.45, 2.75) is 38.5 Å². The maximum atomic E-state index is 9.86. The number of nitrogens with zero attached hydrogens (tertiary/aromatic N) is 1. The summed E-state index contributed by atoms with van der Waals surface area (Å²) in [5.74, 6) is 0. The average Bonchev–Trinajstić information content (AvgIpc) is 3.12. The van der Waals surface area contributed by atoms with E-state index in [1.165, 1.54) is 30.8 Å². The highest BCUT2D eigenvalue weighted by atomic mass is 32.1. The summed E-state index contributed by atoms with van der Waals surface area (Å²) in [5, 5.41) is 15.2. The molecule has 0 radical (unpaired) electrons. The lowest BCUT2D eigenvalue weighted by atomic mass is 10.3. The van der Waals surface area contributed by atoms with E-state index in [-0.39, 0.29) is 0 Å². The van der Waals surface area contributed by atoms with E-state index in [1.54, 1.807) is 11.3 Å². The van der Waals surface area contributed by atoms with Gasteiger partial charge in [0.25, 0.3) is 0 Å². The summed E-state index contributed by atoms with van der Waals surface area (Å²) in [6, 6.07) is 4.62. The van der Waals surface area contributed by atoms with Crippen molar-refractivity contribution in [1.29, 1.82) is 0 Å². The van der Waals surface area contributed by atoms with Crippen LogP contribution in [0.5, 0.6) is 0 Å². The summed E-state index contributed by atoms with van der Waals surface area (Å²) in [4.78, 5) is 3.71. The molecule has 0 aliphatic carbocycles. The van der Waals surface area contributed by atoms with Gasteiger partial charge >= 0.3 is 0 Å². The summed E-state index contributed by atoms with van der Waals surface area (Å²) in [6.45, 7) is 7.20. The normalized spacial score (nSPS) is 19.3. The molecule has 1 aliphatic heterocycles. The van der Waals surface area contributed by atoms with Crippen LogP contribution < -0.4 is 5.32 Å². The van der Waals surface area contributed by atoms with Crippen LogP contribution in [0, 0.1) is 0 Å². The van der Waals surface area contributed by atoms with E-state index in [0.29, 0.717) is 25.8 Å². The summed E-state index contributed by atoms with van der Waals surface area (Å²) in [7, 11) is 0. The largest absolute Gasteiger partial charge is 0.389 e. The Morgan fingerprint density at radius 1 is 1.40 bits per heavy atom. The second kappa shape index (κ2) is 8.74. The van der Waals surface area contributed by atoms with Crippen LogP contribution in [0.15, 0.2) is 17.5 Å². The first kappa shape index (κ1) is 15.9. The fraction of sp³-hybridized carbons (Fsp3) is 0.733. The van der Waals surface area contributed by atoms with Gasteiger partial charge in [-0.25, -0.2) is 0 Å². The van der Waals surface area contributed by atoms with E-state index in [2.05, 4.69) is 17.1 Å². The van der Waals surface area contributed by atoms with Gasteiger partial charge in [-0.05, 0) is 44.3 Å². The second-order valence-electron chi connectivity index (χ2n) is 5.50. The Labute approximate surface area is 125 Å². The Morgan fingerprint density at radius 2 is 2.20 bits per heavy atom. The smallest absolute Gasteiger partial charge is 0.0897 e. The van der Waals surface area contributed by atoms with Crippen molar-refractivity contribution >= 4 is 11.3 Å². The Kier molecular flexibility index (Phi) is 6.96. The third-order valence-corrected chi connectivity index (χ3v) is 4.57. The van der Waals surface area contributed by atoms with E-state index < -0.39 is 6.10 Å². The summed E-state index contributed by atoms with van der Waals surface area (Å²) in [6.07, 6.45) is 2.22. The molecule has 0 amide bonds. The van der Waals surface area contributed by atoms with Gasteiger partial charge in [0.2, 0.25) is 0 Å². The van der Waals surface area contributed by atoms with Crippen molar-refractivity contribution in [3.63, 3.8) is 0 Å². The summed E-state index contributed by atoms with van der Waals surface area (Å²) < 4.78 is 5.51. The lowest BCUT2D eigenvalue weighted by Gasteiger charge is -2.24. The van der Waals surface area contributed by atoms with Crippen molar-refractivity contribution in [3.05, 3.63) is 22.4 Å². The van der Waals surface area contributed by atoms with Crippen molar-refractivity contribution < 1.29 is 9.84 Å². The lowest BCUT2D eigenvalue weighted by molar-refractivity contribution is 0.0292. The zero-order chi connectivity index (χ0) is 14.2. The van der Waals surface area contributed by atoms with Gasteiger partial charge in [0.1, 0.15) is 0 Å². The predicted molar refractivity (Wildman–Crippen MR) is 83.1 cm³/mol. The highest BCUT2D eigenvalue weighted by Crippen LogP contribution is 2.11. The van der Waals surface area contributed by atoms with Crippen LogP contribution in [0.3, 0.4) is 0 Å². The van der Waals surface area contributed by atoms with Crippen LogP contribution in [-0.2, 0) is 11.3 Å². The molecule has 5 heteroatoms. The molecule has 1 aromatic rings. The number of nitrogens with one attached hydrogen (secondary N) is 1. The zero-order valence-corrected chi connectivity index (χ0v) is 13.1. The highest BCUT2D eigenvalue weighted by molar-refractivity contribution is 7.09. The molecule has 114 valence electrons. The SMILES string of the molecule is CC(CNCC(O)COCc1cccs1)N1CCCC1. The molecule has 4 nitrogen and oxygen atoms in total. The van der Waals surface area contributed by atoms with E-state index in [4.69, 9.17) is 4.74 Å². The standard InChI is InChI=1S/C15H26N2O2S/c1-13(17-6-2-3-7-17)9-16-10-14(18)11-19-12-15-5-4-8-20-15/h4-5,8,13-14,16,18H,2-3,6-7,9-12H2,1H3. The third-order valence-electron chi connectivity index (χ3n) is 3.72. The van der Waals surface area contributed by atoms with Crippen LogP contribution in [0.1, 0.15) is 24.6 Å². The average molecular weight is 298 g/mol. The molecule has 0 saturated carbocycles. The van der Waals surface area contributed by atoms with Gasteiger partial charge < -0.3 is 15.2 Å². The van der Waals surface area contributed by atoms with Gasteiger partial charge in [0.05, 0.1) is 19.3 Å². The molecule has 1 aromatic heterocycles. The molecule has 1 fully saturated rings. The number of aliphatic hydroxyl groups is 1. The van der Waals surface area contributed by atoms with Gasteiger partial charge in [-0.1, -0.05) is 6.07 Å². The Balaban J connectivity index is 1.50. The molecule has 2 unspecified atom stereocenters. The van der Waals surface area contributed by atoms with Gasteiger partial charge in [0, 0.05) is 24.0 Å². The van der Waals surface area contributed by atoms with Crippen molar-refractivity contribution in [2.75, 3.05) is 32.8 Å². The molecule has 0 spiro atoms. The molecule has 1 aliphatic rings. The molecular formula is C15H26N2O2S. The monoisotopic (exact) mass is 298 g/mol. The molecule has 20 heavy (non-hydrogen) atoms. The second-order valence-corrected chi connectivity index (χ2v) is 6.53. The minimum Gasteiger partial charge on any atom is -0.389 e. The molecule has 2 N–H and O–H groups in total. The molecular weight excluding hydrogens is 272 g/mol. The Bertz CT molecular complexity index is 353.